The van der Waals surface area contributed by atoms with E-state index < -0.39 is 0 Å². The van der Waals surface area contributed by atoms with Crippen LogP contribution in [0.1, 0.15) is 5.56 Å². The van der Waals surface area contributed by atoms with Crippen molar-refractivity contribution in [2.45, 2.75) is 6.54 Å². The zero-order chi connectivity index (χ0) is 13.7. The molecule has 0 N–H and O–H groups in total. The number of aromatic nitrogens is 1. The summed E-state index contributed by atoms with van der Waals surface area (Å²) in [5, 5.41) is 0. The Balaban J connectivity index is 0.00000200. The fourth-order valence-corrected chi connectivity index (χ4v) is 1.94. The van der Waals surface area contributed by atoms with Crippen molar-refractivity contribution in [2.24, 2.45) is 0 Å². The number of hydrogen-bond donors (Lipinski definition) is 0. The van der Waals surface area contributed by atoms with Gasteiger partial charge >= 0.3 is 0 Å². The molecule has 2 rings (SSSR count). The molecular formula is C15H19ClN2O2. The molecule has 0 fully saturated rings. The summed E-state index contributed by atoms with van der Waals surface area (Å²) in [4.78, 5) is 6.18. The molecule has 0 spiro atoms. The molecule has 0 saturated heterocycles. The number of methoxy groups -OCH3 is 2. The average Bonchev–Trinajstić information content (AvgIpc) is 2.48. The van der Waals surface area contributed by atoms with E-state index in [9.17, 15) is 0 Å². The summed E-state index contributed by atoms with van der Waals surface area (Å²) in [6, 6.07) is 9.94. The molecule has 4 nitrogen and oxygen atoms in total. The van der Waals surface area contributed by atoms with Crippen LogP contribution in [0.3, 0.4) is 0 Å². The summed E-state index contributed by atoms with van der Waals surface area (Å²) < 4.78 is 10.5. The zero-order valence-electron chi connectivity index (χ0n) is 11.9. The normalized spacial score (nSPS) is 9.55. The Labute approximate surface area is 125 Å². The molecule has 0 atom stereocenters. The predicted molar refractivity (Wildman–Crippen MR) is 83.1 cm³/mol. The molecule has 0 saturated carbocycles. The first-order chi connectivity index (χ1) is 9.24. The van der Waals surface area contributed by atoms with Crippen molar-refractivity contribution in [1.82, 2.24) is 4.98 Å². The van der Waals surface area contributed by atoms with E-state index in [1.54, 1.807) is 26.6 Å². The summed E-state index contributed by atoms with van der Waals surface area (Å²) in [5.41, 5.74) is 2.29. The van der Waals surface area contributed by atoms with Gasteiger partial charge in [-0.2, -0.15) is 0 Å². The van der Waals surface area contributed by atoms with E-state index in [-0.39, 0.29) is 12.4 Å². The van der Waals surface area contributed by atoms with Crippen molar-refractivity contribution in [2.75, 3.05) is 26.2 Å². The van der Waals surface area contributed by atoms with Crippen LogP contribution in [0, 0.1) is 0 Å². The Bertz CT molecular complexity index is 535. The highest BCUT2D eigenvalue weighted by molar-refractivity contribution is 5.85. The number of benzene rings is 1. The lowest BCUT2D eigenvalue weighted by Crippen LogP contribution is -2.16. The molecule has 0 unspecified atom stereocenters. The van der Waals surface area contributed by atoms with E-state index in [1.807, 2.05) is 37.4 Å². The van der Waals surface area contributed by atoms with Crippen molar-refractivity contribution >= 4 is 18.1 Å². The third-order valence-electron chi connectivity index (χ3n) is 2.97. The highest BCUT2D eigenvalue weighted by Gasteiger charge is 2.07. The molecule has 5 heteroatoms. The molecule has 0 aliphatic carbocycles. The molecule has 1 aromatic carbocycles. The quantitative estimate of drug-likeness (QED) is 0.848. The summed E-state index contributed by atoms with van der Waals surface area (Å²) in [6.07, 6.45) is 3.58. The van der Waals surface area contributed by atoms with Crippen LogP contribution in [0.25, 0.3) is 0 Å². The number of rotatable bonds is 5. The number of pyridine rings is 1. The summed E-state index contributed by atoms with van der Waals surface area (Å²) in [5.74, 6) is 1.50. The van der Waals surface area contributed by atoms with Crippen molar-refractivity contribution in [3.05, 3.63) is 48.3 Å². The van der Waals surface area contributed by atoms with Gasteiger partial charge in [0.15, 0.2) is 11.5 Å². The van der Waals surface area contributed by atoms with Gasteiger partial charge in [-0.15, -0.1) is 12.4 Å². The third kappa shape index (κ3) is 3.78. The maximum Gasteiger partial charge on any atom is 0.161 e. The van der Waals surface area contributed by atoms with Crippen LogP contribution in [-0.4, -0.2) is 26.3 Å². The van der Waals surface area contributed by atoms with Gasteiger partial charge in [-0.05, 0) is 29.8 Å². The second-order valence-electron chi connectivity index (χ2n) is 4.25. The SMILES string of the molecule is COc1ccc(CN(C)c2ccncc2)cc1OC.Cl. The molecule has 108 valence electrons. The van der Waals surface area contributed by atoms with Gasteiger partial charge in [0.05, 0.1) is 14.2 Å². The lowest BCUT2D eigenvalue weighted by molar-refractivity contribution is 0.354. The first-order valence-corrected chi connectivity index (χ1v) is 6.06. The lowest BCUT2D eigenvalue weighted by Gasteiger charge is -2.19. The monoisotopic (exact) mass is 294 g/mol. The van der Waals surface area contributed by atoms with Crippen molar-refractivity contribution in [3.8, 4) is 11.5 Å². The summed E-state index contributed by atoms with van der Waals surface area (Å²) in [6.45, 7) is 0.796. The minimum absolute atomic E-state index is 0. The van der Waals surface area contributed by atoms with E-state index in [1.165, 1.54) is 0 Å². The second kappa shape index (κ2) is 7.60. The topological polar surface area (TPSA) is 34.6 Å². The van der Waals surface area contributed by atoms with Crippen LogP contribution < -0.4 is 14.4 Å². The Morgan fingerprint density at radius 1 is 1.00 bits per heavy atom. The fraction of sp³-hybridized carbons (Fsp3) is 0.267. The van der Waals surface area contributed by atoms with E-state index in [0.717, 1.165) is 29.3 Å². The van der Waals surface area contributed by atoms with Crippen LogP contribution in [0.4, 0.5) is 5.69 Å². The maximum absolute atomic E-state index is 5.31. The number of ether oxygens (including phenoxy) is 2. The minimum Gasteiger partial charge on any atom is -0.493 e. The maximum atomic E-state index is 5.31. The molecule has 2 aromatic rings. The van der Waals surface area contributed by atoms with Gasteiger partial charge in [-0.3, -0.25) is 4.98 Å². The first-order valence-electron chi connectivity index (χ1n) is 6.06. The molecule has 20 heavy (non-hydrogen) atoms. The second-order valence-corrected chi connectivity index (χ2v) is 4.25. The number of halogens is 1. The molecule has 0 amide bonds. The van der Waals surface area contributed by atoms with Crippen molar-refractivity contribution in [1.29, 1.82) is 0 Å². The fourth-order valence-electron chi connectivity index (χ4n) is 1.94. The Morgan fingerprint density at radius 3 is 2.25 bits per heavy atom. The zero-order valence-corrected chi connectivity index (χ0v) is 12.7. The number of hydrogen-bond acceptors (Lipinski definition) is 4. The highest BCUT2D eigenvalue weighted by atomic mass is 35.5. The van der Waals surface area contributed by atoms with Crippen molar-refractivity contribution in [3.63, 3.8) is 0 Å². The molecule has 0 aliphatic rings. The van der Waals surface area contributed by atoms with E-state index in [2.05, 4.69) is 9.88 Å². The Kier molecular flexibility index (Phi) is 6.12. The Hall–Kier alpha value is -1.94. The summed E-state index contributed by atoms with van der Waals surface area (Å²) in [7, 11) is 5.33. The molecule has 1 aromatic heterocycles. The lowest BCUT2D eigenvalue weighted by atomic mass is 10.2. The van der Waals surface area contributed by atoms with Gasteiger partial charge in [0.1, 0.15) is 0 Å². The van der Waals surface area contributed by atoms with Gasteiger partial charge in [0.25, 0.3) is 0 Å². The predicted octanol–water partition coefficient (Wildman–Crippen LogP) is 3.16. The largest absolute Gasteiger partial charge is 0.493 e. The molecule has 1 heterocycles. The van der Waals surface area contributed by atoms with E-state index in [0.29, 0.717) is 0 Å². The average molecular weight is 295 g/mol. The van der Waals surface area contributed by atoms with Crippen LogP contribution >= 0.6 is 12.4 Å². The number of anilines is 1. The van der Waals surface area contributed by atoms with Crippen LogP contribution in [-0.2, 0) is 6.54 Å². The minimum atomic E-state index is 0. The molecule has 0 aliphatic heterocycles. The van der Waals surface area contributed by atoms with Gasteiger partial charge in [-0.25, -0.2) is 0 Å². The first kappa shape index (κ1) is 16.1. The van der Waals surface area contributed by atoms with Crippen LogP contribution in [0.5, 0.6) is 11.5 Å². The van der Waals surface area contributed by atoms with Gasteiger partial charge in [-0.1, -0.05) is 6.07 Å². The third-order valence-corrected chi connectivity index (χ3v) is 2.97. The van der Waals surface area contributed by atoms with E-state index >= 15 is 0 Å². The highest BCUT2D eigenvalue weighted by Crippen LogP contribution is 2.28. The Morgan fingerprint density at radius 2 is 1.65 bits per heavy atom. The van der Waals surface area contributed by atoms with Crippen LogP contribution in [0.2, 0.25) is 0 Å². The van der Waals surface area contributed by atoms with E-state index in [4.69, 9.17) is 9.47 Å². The van der Waals surface area contributed by atoms with Gasteiger partial charge in [0.2, 0.25) is 0 Å². The van der Waals surface area contributed by atoms with Crippen LogP contribution in [0.15, 0.2) is 42.7 Å². The smallest absolute Gasteiger partial charge is 0.161 e. The summed E-state index contributed by atoms with van der Waals surface area (Å²) >= 11 is 0. The molecule has 0 bridgehead atoms. The van der Waals surface area contributed by atoms with Gasteiger partial charge in [0, 0.05) is 31.7 Å². The number of nitrogens with zero attached hydrogens (tertiary/aromatic N) is 2. The molecule has 0 radical (unpaired) electrons. The van der Waals surface area contributed by atoms with Gasteiger partial charge < -0.3 is 14.4 Å². The standard InChI is InChI=1S/C15H18N2O2.ClH/c1-17(13-6-8-16-9-7-13)11-12-4-5-14(18-2)15(10-12)19-3;/h4-10H,11H2,1-3H3;1H. The van der Waals surface area contributed by atoms with Crippen molar-refractivity contribution < 1.29 is 9.47 Å². The molecular weight excluding hydrogens is 276 g/mol.